The Hall–Kier alpha value is -0.960. The van der Waals surface area contributed by atoms with E-state index in [1.807, 2.05) is 11.8 Å². The third kappa shape index (κ3) is 3.38. The molecule has 1 aliphatic carbocycles. The summed E-state index contributed by atoms with van der Waals surface area (Å²) in [6.07, 6.45) is 5.53. The number of fused-ring (bicyclic) bond motifs is 1. The van der Waals surface area contributed by atoms with Crippen LogP contribution >= 0.6 is 11.8 Å². The van der Waals surface area contributed by atoms with E-state index in [2.05, 4.69) is 42.6 Å². The maximum Gasteiger partial charge on any atom is 0.156 e. The van der Waals surface area contributed by atoms with Gasteiger partial charge in [0.25, 0.3) is 0 Å². The molecule has 3 heteroatoms. The highest BCUT2D eigenvalue weighted by Gasteiger charge is 2.30. The maximum absolute atomic E-state index is 4.82. The summed E-state index contributed by atoms with van der Waals surface area (Å²) < 4.78 is 0. The van der Waals surface area contributed by atoms with Gasteiger partial charge in [-0.15, -0.1) is 0 Å². The summed E-state index contributed by atoms with van der Waals surface area (Å²) >= 11 is 1.92. The van der Waals surface area contributed by atoms with Gasteiger partial charge in [-0.2, -0.15) is 0 Å². The van der Waals surface area contributed by atoms with Gasteiger partial charge >= 0.3 is 0 Å². The van der Waals surface area contributed by atoms with Crippen molar-refractivity contribution in [3.63, 3.8) is 0 Å². The number of rotatable bonds is 3. The number of aliphatic imine (C=N–C) groups is 1. The minimum Gasteiger partial charge on any atom is -0.362 e. The van der Waals surface area contributed by atoms with Crippen molar-refractivity contribution < 1.29 is 0 Å². The van der Waals surface area contributed by atoms with Gasteiger partial charge < -0.3 is 5.32 Å². The Kier molecular flexibility index (Phi) is 4.66. The lowest BCUT2D eigenvalue weighted by atomic mass is 9.86. The summed E-state index contributed by atoms with van der Waals surface area (Å²) in [6.45, 7) is 3.15. The van der Waals surface area contributed by atoms with Gasteiger partial charge in [0.1, 0.15) is 0 Å². The topological polar surface area (TPSA) is 24.4 Å². The van der Waals surface area contributed by atoms with E-state index in [1.54, 1.807) is 0 Å². The first-order valence-corrected chi connectivity index (χ1v) is 8.80. The van der Waals surface area contributed by atoms with Crippen LogP contribution in [-0.4, -0.2) is 23.5 Å². The van der Waals surface area contributed by atoms with Crippen LogP contribution in [0.2, 0.25) is 0 Å². The molecule has 2 nitrogen and oxygen atoms in total. The lowest BCUT2D eigenvalue weighted by molar-refractivity contribution is 0.311. The van der Waals surface area contributed by atoms with Crippen molar-refractivity contribution in [2.24, 2.45) is 10.9 Å². The van der Waals surface area contributed by atoms with Crippen molar-refractivity contribution in [1.29, 1.82) is 0 Å². The first-order valence-electron chi connectivity index (χ1n) is 7.81. The van der Waals surface area contributed by atoms with E-state index in [1.165, 1.54) is 42.2 Å². The number of hydrogen-bond donors (Lipinski definition) is 1. The lowest BCUT2D eigenvalue weighted by Crippen LogP contribution is -2.46. The van der Waals surface area contributed by atoms with Crippen LogP contribution < -0.4 is 5.32 Å². The molecule has 1 heterocycles. The van der Waals surface area contributed by atoms with Gasteiger partial charge in [-0.25, -0.2) is 0 Å². The molecule has 1 N–H and O–H groups in total. The standard InChI is InChI=1S/C17H24N2S/c1-13(14-7-3-2-4-8-14)11-18-17-19-16-10-6-5-9-15(16)12-20-17/h2-4,7-8,13,15-16H,5-6,9-12H2,1H3,(H,18,19). The van der Waals surface area contributed by atoms with Crippen LogP contribution in [0.4, 0.5) is 0 Å². The lowest BCUT2D eigenvalue weighted by Gasteiger charge is -2.37. The van der Waals surface area contributed by atoms with Crippen LogP contribution in [-0.2, 0) is 0 Å². The maximum atomic E-state index is 4.82. The Bertz CT molecular complexity index is 457. The first kappa shape index (κ1) is 14.0. The summed E-state index contributed by atoms with van der Waals surface area (Å²) in [4.78, 5) is 4.82. The number of nitrogens with zero attached hydrogens (tertiary/aromatic N) is 1. The Morgan fingerprint density at radius 1 is 1.25 bits per heavy atom. The fourth-order valence-corrected chi connectivity index (χ4v) is 4.35. The highest BCUT2D eigenvalue weighted by atomic mass is 32.2. The monoisotopic (exact) mass is 288 g/mol. The molecule has 0 bridgehead atoms. The number of thioether (sulfide) groups is 1. The van der Waals surface area contributed by atoms with Crippen LogP contribution in [0.5, 0.6) is 0 Å². The van der Waals surface area contributed by atoms with Gasteiger partial charge in [-0.1, -0.05) is 61.9 Å². The predicted octanol–water partition coefficient (Wildman–Crippen LogP) is 4.04. The number of hydrogen-bond acceptors (Lipinski definition) is 2. The molecule has 3 rings (SSSR count). The fraction of sp³-hybridized carbons (Fsp3) is 0.588. The number of amidine groups is 1. The third-order valence-corrected chi connectivity index (χ3v) is 5.64. The molecule has 1 saturated heterocycles. The normalized spacial score (nSPS) is 29.6. The summed E-state index contributed by atoms with van der Waals surface area (Å²) in [6, 6.07) is 11.4. The van der Waals surface area contributed by atoms with E-state index in [0.717, 1.165) is 12.5 Å². The van der Waals surface area contributed by atoms with E-state index < -0.39 is 0 Å². The fourth-order valence-electron chi connectivity index (χ4n) is 3.18. The van der Waals surface area contributed by atoms with Crippen molar-refractivity contribution in [1.82, 2.24) is 5.32 Å². The Balaban J connectivity index is 1.56. The average Bonchev–Trinajstić information content (AvgIpc) is 2.53. The molecule has 1 saturated carbocycles. The molecule has 20 heavy (non-hydrogen) atoms. The Morgan fingerprint density at radius 3 is 2.90 bits per heavy atom. The molecule has 0 amide bonds. The van der Waals surface area contributed by atoms with Crippen molar-refractivity contribution in [3.05, 3.63) is 35.9 Å². The highest BCUT2D eigenvalue weighted by molar-refractivity contribution is 8.13. The van der Waals surface area contributed by atoms with Gasteiger partial charge in [-0.05, 0) is 24.3 Å². The second-order valence-corrected chi connectivity index (χ2v) is 7.07. The van der Waals surface area contributed by atoms with E-state index in [-0.39, 0.29) is 0 Å². The number of benzene rings is 1. The molecule has 2 aliphatic rings. The summed E-state index contributed by atoms with van der Waals surface area (Å²) in [5, 5.41) is 4.85. The summed E-state index contributed by atoms with van der Waals surface area (Å²) in [5.74, 6) is 2.63. The second-order valence-electron chi connectivity index (χ2n) is 6.06. The molecular formula is C17H24N2S. The molecule has 0 spiro atoms. The molecule has 1 aromatic carbocycles. The Labute approximate surface area is 126 Å². The molecule has 1 aromatic rings. The van der Waals surface area contributed by atoms with Crippen molar-refractivity contribution >= 4 is 16.9 Å². The molecule has 108 valence electrons. The zero-order valence-electron chi connectivity index (χ0n) is 12.2. The van der Waals surface area contributed by atoms with Crippen molar-refractivity contribution in [2.75, 3.05) is 12.3 Å². The van der Waals surface area contributed by atoms with Crippen LogP contribution in [0.15, 0.2) is 35.3 Å². The van der Waals surface area contributed by atoms with Crippen molar-refractivity contribution in [2.45, 2.75) is 44.6 Å². The minimum absolute atomic E-state index is 0.496. The quantitative estimate of drug-likeness (QED) is 0.907. The molecular weight excluding hydrogens is 264 g/mol. The smallest absolute Gasteiger partial charge is 0.156 e. The van der Waals surface area contributed by atoms with Gasteiger partial charge in [0.2, 0.25) is 0 Å². The molecule has 3 unspecified atom stereocenters. The van der Waals surface area contributed by atoms with Gasteiger partial charge in [0.05, 0.1) is 0 Å². The number of nitrogens with one attached hydrogen (secondary N) is 1. The molecule has 0 radical (unpaired) electrons. The average molecular weight is 288 g/mol. The van der Waals surface area contributed by atoms with E-state index in [0.29, 0.717) is 12.0 Å². The van der Waals surface area contributed by atoms with E-state index in [9.17, 15) is 0 Å². The first-order chi connectivity index (χ1) is 9.83. The zero-order valence-corrected chi connectivity index (χ0v) is 13.0. The largest absolute Gasteiger partial charge is 0.362 e. The van der Waals surface area contributed by atoms with E-state index >= 15 is 0 Å². The molecule has 3 atom stereocenters. The van der Waals surface area contributed by atoms with Crippen LogP contribution in [0, 0.1) is 5.92 Å². The molecule has 1 aliphatic heterocycles. The summed E-state index contributed by atoms with van der Waals surface area (Å²) in [5.41, 5.74) is 1.38. The van der Waals surface area contributed by atoms with Crippen LogP contribution in [0.1, 0.15) is 44.1 Å². The second kappa shape index (κ2) is 6.66. The highest BCUT2D eigenvalue weighted by Crippen LogP contribution is 2.31. The summed E-state index contributed by atoms with van der Waals surface area (Å²) in [7, 11) is 0. The zero-order chi connectivity index (χ0) is 13.8. The van der Waals surface area contributed by atoms with E-state index in [4.69, 9.17) is 4.99 Å². The Morgan fingerprint density at radius 2 is 2.05 bits per heavy atom. The van der Waals surface area contributed by atoms with Gasteiger partial charge in [0.15, 0.2) is 5.17 Å². The van der Waals surface area contributed by atoms with Gasteiger partial charge in [-0.3, -0.25) is 4.99 Å². The molecule has 2 fully saturated rings. The SMILES string of the molecule is CC(CN=C1NC2CCCCC2CS1)c1ccccc1. The third-order valence-electron chi connectivity index (χ3n) is 4.53. The van der Waals surface area contributed by atoms with Crippen LogP contribution in [0.25, 0.3) is 0 Å². The van der Waals surface area contributed by atoms with Gasteiger partial charge in [0, 0.05) is 24.3 Å². The van der Waals surface area contributed by atoms with Crippen LogP contribution in [0.3, 0.4) is 0 Å². The predicted molar refractivity (Wildman–Crippen MR) is 88.5 cm³/mol. The minimum atomic E-state index is 0.496. The van der Waals surface area contributed by atoms with Crippen molar-refractivity contribution in [3.8, 4) is 0 Å². The molecule has 0 aromatic heterocycles.